The van der Waals surface area contributed by atoms with E-state index in [0.29, 0.717) is 5.41 Å². The van der Waals surface area contributed by atoms with Crippen LogP contribution in [0.3, 0.4) is 0 Å². The Hall–Kier alpha value is -0.790. The van der Waals surface area contributed by atoms with Gasteiger partial charge in [0, 0.05) is 6.08 Å². The van der Waals surface area contributed by atoms with Crippen LogP contribution in [0.15, 0.2) is 11.6 Å². The van der Waals surface area contributed by atoms with Gasteiger partial charge in [-0.3, -0.25) is 0 Å². The van der Waals surface area contributed by atoms with Crippen LogP contribution in [-0.4, -0.2) is 11.1 Å². The van der Waals surface area contributed by atoms with Gasteiger partial charge in [0.05, 0.1) is 0 Å². The zero-order valence-corrected chi connectivity index (χ0v) is 7.76. The Balaban J connectivity index is 2.52. The molecule has 0 bridgehead atoms. The Kier molecular flexibility index (Phi) is 2.55. The first-order valence-corrected chi connectivity index (χ1v) is 4.42. The van der Waals surface area contributed by atoms with Crippen molar-refractivity contribution < 1.29 is 9.90 Å². The predicted octanol–water partition coefficient (Wildman–Crippen LogP) is 2.60. The van der Waals surface area contributed by atoms with E-state index < -0.39 is 5.97 Å². The summed E-state index contributed by atoms with van der Waals surface area (Å²) in [5.74, 6) is -0.801. The topological polar surface area (TPSA) is 37.3 Å². The van der Waals surface area contributed by atoms with E-state index in [2.05, 4.69) is 13.8 Å². The molecule has 0 spiro atoms. The molecule has 1 rings (SSSR count). The van der Waals surface area contributed by atoms with Crippen LogP contribution < -0.4 is 0 Å². The molecule has 68 valence electrons. The molecule has 0 aromatic rings. The molecule has 12 heavy (non-hydrogen) atoms. The van der Waals surface area contributed by atoms with Crippen molar-refractivity contribution in [3.05, 3.63) is 11.6 Å². The van der Waals surface area contributed by atoms with E-state index in [4.69, 9.17) is 5.11 Å². The van der Waals surface area contributed by atoms with Crippen LogP contribution in [0, 0.1) is 5.41 Å². The normalized spacial score (nSPS) is 22.0. The van der Waals surface area contributed by atoms with Gasteiger partial charge in [0.25, 0.3) is 0 Å². The number of aliphatic carboxylic acids is 1. The molecule has 1 aliphatic rings. The molecule has 0 aliphatic heterocycles. The quantitative estimate of drug-likeness (QED) is 0.611. The van der Waals surface area contributed by atoms with Crippen LogP contribution in [0.5, 0.6) is 0 Å². The van der Waals surface area contributed by atoms with Gasteiger partial charge in [-0.15, -0.1) is 0 Å². The molecule has 2 heteroatoms. The number of carbonyl (C=O) groups is 1. The van der Waals surface area contributed by atoms with Crippen LogP contribution in [0.25, 0.3) is 0 Å². The number of hydrogen-bond acceptors (Lipinski definition) is 1. The predicted molar refractivity (Wildman–Crippen MR) is 48.0 cm³/mol. The zero-order valence-electron chi connectivity index (χ0n) is 7.76. The fourth-order valence-corrected chi connectivity index (χ4v) is 1.57. The second kappa shape index (κ2) is 3.30. The van der Waals surface area contributed by atoms with E-state index in [0.717, 1.165) is 31.3 Å². The van der Waals surface area contributed by atoms with Gasteiger partial charge in [-0.1, -0.05) is 19.4 Å². The van der Waals surface area contributed by atoms with Gasteiger partial charge < -0.3 is 5.11 Å². The van der Waals surface area contributed by atoms with E-state index in [1.165, 1.54) is 6.08 Å². The van der Waals surface area contributed by atoms with E-state index in [1.54, 1.807) is 0 Å². The molecule has 1 saturated carbocycles. The van der Waals surface area contributed by atoms with Gasteiger partial charge in [-0.05, 0) is 31.1 Å². The second-order valence-corrected chi connectivity index (χ2v) is 4.31. The Morgan fingerprint density at radius 1 is 1.42 bits per heavy atom. The van der Waals surface area contributed by atoms with Gasteiger partial charge in [-0.2, -0.15) is 0 Å². The molecular weight excluding hydrogens is 152 g/mol. The summed E-state index contributed by atoms with van der Waals surface area (Å²) in [6, 6.07) is 0. The minimum Gasteiger partial charge on any atom is -0.478 e. The highest BCUT2D eigenvalue weighted by atomic mass is 16.4. The average molecular weight is 168 g/mol. The van der Waals surface area contributed by atoms with E-state index in [-0.39, 0.29) is 0 Å². The number of allylic oxidation sites excluding steroid dienone is 1. The summed E-state index contributed by atoms with van der Waals surface area (Å²) in [5, 5.41) is 8.52. The third-order valence-corrected chi connectivity index (χ3v) is 2.57. The second-order valence-electron chi connectivity index (χ2n) is 4.31. The average Bonchev–Trinajstić information content (AvgIpc) is 1.93. The maximum atomic E-state index is 10.4. The van der Waals surface area contributed by atoms with Crippen LogP contribution in [0.4, 0.5) is 0 Å². The summed E-state index contributed by atoms with van der Waals surface area (Å²) >= 11 is 0. The van der Waals surface area contributed by atoms with Gasteiger partial charge in [0.1, 0.15) is 0 Å². The number of rotatable bonds is 1. The summed E-state index contributed by atoms with van der Waals surface area (Å²) in [6.45, 7) is 4.48. The maximum absolute atomic E-state index is 10.4. The van der Waals surface area contributed by atoms with E-state index in [1.807, 2.05) is 0 Å². The Morgan fingerprint density at radius 3 is 2.33 bits per heavy atom. The lowest BCUT2D eigenvalue weighted by atomic mass is 9.75. The minimum atomic E-state index is -0.801. The third kappa shape index (κ3) is 2.68. The van der Waals surface area contributed by atoms with Crippen molar-refractivity contribution >= 4 is 5.97 Å². The lowest BCUT2D eigenvalue weighted by Gasteiger charge is -2.30. The monoisotopic (exact) mass is 168 g/mol. The summed E-state index contributed by atoms with van der Waals surface area (Å²) in [4.78, 5) is 10.4. The molecule has 1 fully saturated rings. The molecule has 0 unspecified atom stereocenters. The lowest BCUT2D eigenvalue weighted by molar-refractivity contribution is -0.131. The highest BCUT2D eigenvalue weighted by Crippen LogP contribution is 2.37. The van der Waals surface area contributed by atoms with Crippen LogP contribution in [0.1, 0.15) is 39.5 Å². The van der Waals surface area contributed by atoms with Crippen molar-refractivity contribution in [2.75, 3.05) is 0 Å². The molecule has 0 amide bonds. The van der Waals surface area contributed by atoms with Crippen molar-refractivity contribution in [1.29, 1.82) is 0 Å². The summed E-state index contributed by atoms with van der Waals surface area (Å²) in [6.07, 6.45) is 5.52. The molecule has 1 N–H and O–H groups in total. The first kappa shape index (κ1) is 9.30. The molecular formula is C10H16O2. The first-order chi connectivity index (χ1) is 5.49. The fourth-order valence-electron chi connectivity index (χ4n) is 1.57. The van der Waals surface area contributed by atoms with Crippen LogP contribution in [0.2, 0.25) is 0 Å². The molecule has 0 radical (unpaired) electrons. The molecule has 0 heterocycles. The van der Waals surface area contributed by atoms with Gasteiger partial charge >= 0.3 is 5.97 Å². The van der Waals surface area contributed by atoms with Crippen molar-refractivity contribution in [1.82, 2.24) is 0 Å². The van der Waals surface area contributed by atoms with Crippen LogP contribution >= 0.6 is 0 Å². The lowest BCUT2D eigenvalue weighted by Crippen LogP contribution is -2.16. The number of hydrogen-bond donors (Lipinski definition) is 1. The first-order valence-electron chi connectivity index (χ1n) is 4.42. The fraction of sp³-hybridized carbons (Fsp3) is 0.700. The molecule has 0 aromatic heterocycles. The Morgan fingerprint density at radius 2 is 1.92 bits per heavy atom. The molecule has 0 aromatic carbocycles. The van der Waals surface area contributed by atoms with Crippen molar-refractivity contribution in [2.45, 2.75) is 39.5 Å². The molecule has 0 saturated heterocycles. The number of carboxylic acids is 1. The standard InChI is InChI=1S/C10H16O2/c1-10(2)5-3-8(4-6-10)7-9(11)12/h7H,3-6H2,1-2H3,(H,11,12). The Labute approximate surface area is 73.3 Å². The van der Waals surface area contributed by atoms with E-state index in [9.17, 15) is 4.79 Å². The minimum absolute atomic E-state index is 0.413. The van der Waals surface area contributed by atoms with Gasteiger partial charge in [-0.25, -0.2) is 4.79 Å². The highest BCUT2D eigenvalue weighted by Gasteiger charge is 2.23. The third-order valence-electron chi connectivity index (χ3n) is 2.57. The Bertz CT molecular complexity index is 202. The zero-order chi connectivity index (χ0) is 9.19. The SMILES string of the molecule is CC1(C)CCC(=CC(=O)O)CC1. The maximum Gasteiger partial charge on any atom is 0.328 e. The largest absolute Gasteiger partial charge is 0.478 e. The summed E-state index contributed by atoms with van der Waals surface area (Å²) in [7, 11) is 0. The van der Waals surface area contributed by atoms with Crippen molar-refractivity contribution in [3.63, 3.8) is 0 Å². The smallest absolute Gasteiger partial charge is 0.328 e. The summed E-state index contributed by atoms with van der Waals surface area (Å²) < 4.78 is 0. The van der Waals surface area contributed by atoms with Crippen LogP contribution in [-0.2, 0) is 4.79 Å². The highest BCUT2D eigenvalue weighted by molar-refractivity contribution is 5.80. The summed E-state index contributed by atoms with van der Waals surface area (Å²) in [5.41, 5.74) is 1.51. The molecule has 2 nitrogen and oxygen atoms in total. The van der Waals surface area contributed by atoms with Crippen molar-refractivity contribution in [3.8, 4) is 0 Å². The number of carboxylic acid groups (broad SMARTS) is 1. The molecule has 1 aliphatic carbocycles. The molecule has 0 atom stereocenters. The van der Waals surface area contributed by atoms with Crippen molar-refractivity contribution in [2.24, 2.45) is 5.41 Å². The van der Waals surface area contributed by atoms with E-state index >= 15 is 0 Å². The van der Waals surface area contributed by atoms with Gasteiger partial charge in [0.2, 0.25) is 0 Å². The van der Waals surface area contributed by atoms with Gasteiger partial charge in [0.15, 0.2) is 0 Å².